The molecular formula is C55H113NO5. The Hall–Kier alpha value is -0.980. The Morgan fingerprint density at radius 3 is 1.36 bits per heavy atom. The van der Waals surface area contributed by atoms with Crippen LogP contribution < -0.4 is 0 Å². The Bertz CT molecular complexity index is 789. The third kappa shape index (κ3) is 53.3. The molecule has 0 aromatic carbocycles. The summed E-state index contributed by atoms with van der Waals surface area (Å²) in [7, 11) is 3.20. The van der Waals surface area contributed by atoms with Crippen LogP contribution in [-0.4, -0.2) is 68.8 Å². The molecule has 0 saturated carbocycles. The highest BCUT2D eigenvalue weighted by molar-refractivity contribution is 5.69. The van der Waals surface area contributed by atoms with E-state index in [0.29, 0.717) is 19.1 Å². The fourth-order valence-corrected chi connectivity index (χ4v) is 8.34. The number of ether oxygens (including phenoxy) is 2. The first kappa shape index (κ1) is 64.3. The number of aldehydes is 1. The molecular weight excluding hydrogens is 755 g/mol. The number of rotatable bonds is 47. The molecule has 0 aromatic rings. The summed E-state index contributed by atoms with van der Waals surface area (Å²) in [6.07, 6.45) is 49.1. The lowest BCUT2D eigenvalue weighted by molar-refractivity contribution is -0.144. The molecule has 61 heavy (non-hydrogen) atoms. The molecule has 0 saturated heterocycles. The van der Waals surface area contributed by atoms with Gasteiger partial charge in [0.2, 0.25) is 0 Å². The highest BCUT2D eigenvalue weighted by Gasteiger charge is 2.12. The van der Waals surface area contributed by atoms with Crippen LogP contribution in [0.5, 0.6) is 0 Å². The van der Waals surface area contributed by atoms with Gasteiger partial charge in [-0.25, -0.2) is 0 Å². The van der Waals surface area contributed by atoms with Crippen LogP contribution in [0.4, 0.5) is 0 Å². The molecule has 0 rings (SSSR count). The molecule has 1 N–H and O–H groups in total. The van der Waals surface area contributed by atoms with E-state index in [2.05, 4.69) is 53.5 Å². The maximum absolute atomic E-state index is 12.3. The quantitative estimate of drug-likeness (QED) is 0.0373. The summed E-state index contributed by atoms with van der Waals surface area (Å²) in [5.74, 6) is 1.77. The Balaban J connectivity index is -0.00000189. The Kier molecular flexibility index (Phi) is 60.1. The maximum Gasteiger partial charge on any atom is 0.305 e. The second-order valence-electron chi connectivity index (χ2n) is 18.5. The fraction of sp³-hybridized carbons (Fsp3) is 0.964. The van der Waals surface area contributed by atoms with Crippen molar-refractivity contribution in [1.29, 1.82) is 0 Å². The predicted octanol–water partition coefficient (Wildman–Crippen LogP) is 16.8. The molecule has 0 radical (unpaired) electrons. The maximum atomic E-state index is 12.3. The summed E-state index contributed by atoms with van der Waals surface area (Å²) in [5, 5.41) is 7.00. The summed E-state index contributed by atoms with van der Waals surface area (Å²) >= 11 is 0. The molecule has 1 unspecified atom stereocenters. The van der Waals surface area contributed by atoms with Crippen molar-refractivity contribution in [2.24, 2.45) is 11.8 Å². The minimum atomic E-state index is 0.0129. The van der Waals surface area contributed by atoms with Gasteiger partial charge in [-0.05, 0) is 76.9 Å². The number of carbonyl (C=O) groups is 2. The first-order valence-electron chi connectivity index (χ1n) is 27.3. The van der Waals surface area contributed by atoms with E-state index in [0.717, 1.165) is 83.5 Å². The second kappa shape index (κ2) is 57.0. The Morgan fingerprint density at radius 2 is 0.918 bits per heavy atom. The number of aliphatic hydroxyl groups is 1. The number of hydrogen-bond donors (Lipinski definition) is 1. The first-order valence-corrected chi connectivity index (χ1v) is 27.3. The van der Waals surface area contributed by atoms with E-state index < -0.39 is 0 Å². The average molecular weight is 869 g/mol. The minimum absolute atomic E-state index is 0.0129. The van der Waals surface area contributed by atoms with Crippen LogP contribution >= 0.6 is 0 Å². The standard InChI is InChI=1S/C41H81NO4.C13H28.CH4O/c1-5-8-21-29-39(30-22-9-6-2)34-38-46-41(44)33-25-19-15-12-14-18-24-32-40(45-37-28-26-35-42(4)7-3)31-23-17-13-10-11-16-20-27-36-43;1-4-7-9-11-13(6-3)12-10-8-5-2;1-2/h36,39-40H,5-35,37-38H2,1-4H3;13H,4-12H2,1-3H3;2H,1H3. The molecule has 6 nitrogen and oxygen atoms in total. The monoisotopic (exact) mass is 868 g/mol. The number of nitrogens with zero attached hydrogens (tertiary/aromatic N) is 1. The van der Waals surface area contributed by atoms with E-state index in [9.17, 15) is 9.59 Å². The second-order valence-corrected chi connectivity index (χ2v) is 18.5. The van der Waals surface area contributed by atoms with Gasteiger partial charge in [-0.1, -0.05) is 228 Å². The van der Waals surface area contributed by atoms with Gasteiger partial charge in [0.15, 0.2) is 0 Å². The molecule has 0 aliphatic carbocycles. The average Bonchev–Trinajstić information content (AvgIpc) is 3.27. The van der Waals surface area contributed by atoms with Gasteiger partial charge in [0.05, 0.1) is 12.7 Å². The van der Waals surface area contributed by atoms with Crippen molar-refractivity contribution in [3.05, 3.63) is 0 Å². The van der Waals surface area contributed by atoms with Crippen LogP contribution in [0.3, 0.4) is 0 Å². The van der Waals surface area contributed by atoms with Crippen molar-refractivity contribution in [2.45, 2.75) is 292 Å². The summed E-state index contributed by atoms with van der Waals surface area (Å²) in [6, 6.07) is 0. The van der Waals surface area contributed by atoms with Crippen molar-refractivity contribution < 1.29 is 24.2 Å². The minimum Gasteiger partial charge on any atom is -0.466 e. The van der Waals surface area contributed by atoms with Crippen molar-refractivity contribution >= 4 is 12.3 Å². The topological polar surface area (TPSA) is 76.1 Å². The molecule has 0 aliphatic rings. The zero-order valence-corrected chi connectivity index (χ0v) is 43.0. The van der Waals surface area contributed by atoms with Gasteiger partial charge in [-0.3, -0.25) is 4.79 Å². The van der Waals surface area contributed by atoms with Crippen LogP contribution in [0.2, 0.25) is 0 Å². The predicted molar refractivity (Wildman–Crippen MR) is 269 cm³/mol. The van der Waals surface area contributed by atoms with E-state index in [-0.39, 0.29) is 5.97 Å². The smallest absolute Gasteiger partial charge is 0.305 e. The molecule has 368 valence electrons. The van der Waals surface area contributed by atoms with Crippen molar-refractivity contribution in [1.82, 2.24) is 4.90 Å². The Labute approximate surface area is 384 Å². The van der Waals surface area contributed by atoms with Gasteiger partial charge in [0.1, 0.15) is 6.29 Å². The lowest BCUT2D eigenvalue weighted by Gasteiger charge is -2.19. The summed E-state index contributed by atoms with van der Waals surface area (Å²) in [4.78, 5) is 25.1. The third-order valence-corrected chi connectivity index (χ3v) is 12.8. The molecule has 0 spiro atoms. The van der Waals surface area contributed by atoms with Gasteiger partial charge in [0, 0.05) is 26.6 Å². The van der Waals surface area contributed by atoms with E-state index in [1.54, 1.807) is 0 Å². The number of esters is 1. The lowest BCUT2D eigenvalue weighted by Crippen LogP contribution is -2.20. The number of unbranched alkanes of at least 4 members (excludes halogenated alkanes) is 22. The SMILES string of the molecule is CCCCCC(CC)CCCCC.CCCCCC(CCCCC)CCOC(=O)CCCCCCCCCC(CCCCCCCCCC=O)OCCCCN(C)CC.CO. The normalized spacial score (nSPS) is 11.7. The van der Waals surface area contributed by atoms with E-state index in [4.69, 9.17) is 14.6 Å². The number of aliphatic hydroxyl groups excluding tert-OH is 1. The highest BCUT2D eigenvalue weighted by Crippen LogP contribution is 2.23. The summed E-state index contributed by atoms with van der Waals surface area (Å²) in [6.45, 7) is 17.5. The van der Waals surface area contributed by atoms with Crippen molar-refractivity contribution in [2.75, 3.05) is 40.5 Å². The zero-order valence-electron chi connectivity index (χ0n) is 43.0. The molecule has 0 aliphatic heterocycles. The molecule has 0 fully saturated rings. The van der Waals surface area contributed by atoms with Gasteiger partial charge in [-0.15, -0.1) is 0 Å². The molecule has 1 atom stereocenters. The van der Waals surface area contributed by atoms with Crippen LogP contribution in [0.25, 0.3) is 0 Å². The third-order valence-electron chi connectivity index (χ3n) is 12.8. The molecule has 0 bridgehead atoms. The number of carbonyl (C=O) groups excluding carboxylic acids is 2. The van der Waals surface area contributed by atoms with Crippen molar-refractivity contribution in [3.63, 3.8) is 0 Å². The summed E-state index contributed by atoms with van der Waals surface area (Å²) in [5.41, 5.74) is 0. The van der Waals surface area contributed by atoms with Crippen LogP contribution in [0, 0.1) is 11.8 Å². The summed E-state index contributed by atoms with van der Waals surface area (Å²) < 4.78 is 12.0. The van der Waals surface area contributed by atoms with E-state index >= 15 is 0 Å². The fourth-order valence-electron chi connectivity index (χ4n) is 8.34. The Morgan fingerprint density at radius 1 is 0.492 bits per heavy atom. The van der Waals surface area contributed by atoms with Gasteiger partial charge in [0.25, 0.3) is 0 Å². The molecule has 0 amide bonds. The van der Waals surface area contributed by atoms with E-state index in [1.807, 2.05) is 0 Å². The molecule has 0 aromatic heterocycles. The van der Waals surface area contributed by atoms with Gasteiger partial charge < -0.3 is 24.3 Å². The van der Waals surface area contributed by atoms with Crippen LogP contribution in [0.15, 0.2) is 0 Å². The van der Waals surface area contributed by atoms with Crippen LogP contribution in [-0.2, 0) is 19.1 Å². The highest BCUT2D eigenvalue weighted by atomic mass is 16.5. The van der Waals surface area contributed by atoms with Crippen LogP contribution in [0.1, 0.15) is 286 Å². The van der Waals surface area contributed by atoms with Gasteiger partial charge in [-0.2, -0.15) is 0 Å². The largest absolute Gasteiger partial charge is 0.466 e. The van der Waals surface area contributed by atoms with Gasteiger partial charge >= 0.3 is 5.97 Å². The lowest BCUT2D eigenvalue weighted by atomic mass is 9.92. The van der Waals surface area contributed by atoms with E-state index in [1.165, 1.54) is 199 Å². The molecule has 6 heteroatoms. The molecule has 0 heterocycles. The zero-order chi connectivity index (χ0) is 45.7. The van der Waals surface area contributed by atoms with Crippen molar-refractivity contribution in [3.8, 4) is 0 Å². The first-order chi connectivity index (χ1) is 29.9. The number of hydrogen-bond acceptors (Lipinski definition) is 6.